The lowest BCUT2D eigenvalue weighted by molar-refractivity contribution is 0.190. The normalized spacial score (nSPS) is 14.3. The van der Waals surface area contributed by atoms with Crippen LogP contribution < -0.4 is 10.6 Å². The van der Waals surface area contributed by atoms with Gasteiger partial charge in [0.2, 0.25) is 0 Å². The molecule has 0 radical (unpaired) electrons. The lowest BCUT2D eigenvalue weighted by Crippen LogP contribution is -2.34. The van der Waals surface area contributed by atoms with Crippen LogP contribution in [-0.4, -0.2) is 28.8 Å². The van der Waals surface area contributed by atoms with E-state index in [2.05, 4.69) is 21.5 Å². The molecule has 0 aliphatic rings. The number of benzene rings is 1. The maximum absolute atomic E-state index is 11.7. The molecule has 2 aromatic rings. The van der Waals surface area contributed by atoms with Crippen LogP contribution in [0.15, 0.2) is 29.6 Å². The first kappa shape index (κ1) is 18.3. The van der Waals surface area contributed by atoms with Crippen molar-refractivity contribution in [3.8, 4) is 12.3 Å². The molecular formula is C17H18ClN3O2S. The summed E-state index contributed by atoms with van der Waals surface area (Å²) in [6, 6.07) is 6.86. The van der Waals surface area contributed by atoms with Gasteiger partial charge in [0, 0.05) is 16.9 Å². The SMILES string of the molecule is C#CC(C)(c1ccc(Cl)cc1)c1csc(NC(=O)NCC(C)O)n1. The molecular weight excluding hydrogens is 346 g/mol. The summed E-state index contributed by atoms with van der Waals surface area (Å²) in [6.07, 6.45) is 5.14. The van der Waals surface area contributed by atoms with E-state index in [1.165, 1.54) is 11.3 Å². The summed E-state index contributed by atoms with van der Waals surface area (Å²) in [4.78, 5) is 16.2. The number of aliphatic hydroxyl groups excluding tert-OH is 1. The Kier molecular flexibility index (Phi) is 5.84. The lowest BCUT2D eigenvalue weighted by atomic mass is 9.81. The second-order valence-corrected chi connectivity index (χ2v) is 6.79. The summed E-state index contributed by atoms with van der Waals surface area (Å²) in [5.74, 6) is 2.78. The van der Waals surface area contributed by atoms with Gasteiger partial charge < -0.3 is 10.4 Å². The molecule has 2 atom stereocenters. The molecule has 0 saturated heterocycles. The predicted octanol–water partition coefficient (Wildman–Crippen LogP) is 3.24. The highest BCUT2D eigenvalue weighted by Crippen LogP contribution is 2.33. The van der Waals surface area contributed by atoms with Crippen LogP contribution in [0.3, 0.4) is 0 Å². The molecule has 0 fully saturated rings. The van der Waals surface area contributed by atoms with E-state index < -0.39 is 17.6 Å². The molecule has 3 N–H and O–H groups in total. The number of nitrogens with one attached hydrogen (secondary N) is 2. The lowest BCUT2D eigenvalue weighted by Gasteiger charge is -2.22. The quantitative estimate of drug-likeness (QED) is 0.714. The van der Waals surface area contributed by atoms with Crippen molar-refractivity contribution in [3.63, 3.8) is 0 Å². The zero-order valence-corrected chi connectivity index (χ0v) is 14.9. The number of nitrogens with zero attached hydrogens (tertiary/aromatic N) is 1. The smallest absolute Gasteiger partial charge is 0.321 e. The summed E-state index contributed by atoms with van der Waals surface area (Å²) in [7, 11) is 0. The van der Waals surface area contributed by atoms with Gasteiger partial charge in [0.05, 0.1) is 17.2 Å². The Morgan fingerprint density at radius 1 is 1.50 bits per heavy atom. The number of hydrogen-bond acceptors (Lipinski definition) is 4. The van der Waals surface area contributed by atoms with Crippen LogP contribution in [0.2, 0.25) is 5.02 Å². The second kappa shape index (κ2) is 7.67. The number of halogens is 1. The van der Waals surface area contributed by atoms with E-state index in [-0.39, 0.29) is 6.54 Å². The fourth-order valence-electron chi connectivity index (χ4n) is 2.03. The minimum atomic E-state index is -0.725. The van der Waals surface area contributed by atoms with Gasteiger partial charge in [-0.1, -0.05) is 29.7 Å². The van der Waals surface area contributed by atoms with Gasteiger partial charge in [0.25, 0.3) is 0 Å². The van der Waals surface area contributed by atoms with Gasteiger partial charge >= 0.3 is 6.03 Å². The third-order valence-electron chi connectivity index (χ3n) is 3.51. The van der Waals surface area contributed by atoms with E-state index >= 15 is 0 Å². The number of hydrogen-bond donors (Lipinski definition) is 3. The molecule has 0 bridgehead atoms. The van der Waals surface area contributed by atoms with Crippen LogP contribution in [0.1, 0.15) is 25.1 Å². The third-order valence-corrected chi connectivity index (χ3v) is 4.51. The van der Waals surface area contributed by atoms with Crippen molar-refractivity contribution < 1.29 is 9.90 Å². The Morgan fingerprint density at radius 3 is 2.75 bits per heavy atom. The maximum Gasteiger partial charge on any atom is 0.321 e. The third kappa shape index (κ3) is 4.26. The zero-order valence-electron chi connectivity index (χ0n) is 13.3. The standard InChI is InChI=1S/C17H18ClN3O2S/c1-4-17(3,12-5-7-13(18)8-6-12)14-10-24-16(20-14)21-15(23)19-9-11(2)22/h1,5-8,10-11,22H,9H2,2-3H3,(H2,19,20,21,23). The number of terminal acetylenes is 1. The summed E-state index contributed by atoms with van der Waals surface area (Å²) >= 11 is 7.21. The number of aliphatic hydroxyl groups is 1. The fraction of sp³-hybridized carbons (Fsp3) is 0.294. The highest BCUT2D eigenvalue weighted by Gasteiger charge is 2.29. The summed E-state index contributed by atoms with van der Waals surface area (Å²) < 4.78 is 0. The second-order valence-electron chi connectivity index (χ2n) is 5.50. The average Bonchev–Trinajstić information content (AvgIpc) is 3.02. The van der Waals surface area contributed by atoms with Crippen molar-refractivity contribution in [1.29, 1.82) is 0 Å². The van der Waals surface area contributed by atoms with Crippen LogP contribution in [0, 0.1) is 12.3 Å². The van der Waals surface area contributed by atoms with E-state index in [1.807, 2.05) is 24.4 Å². The van der Waals surface area contributed by atoms with Gasteiger partial charge in [-0.15, -0.1) is 17.8 Å². The molecule has 0 aliphatic carbocycles. The van der Waals surface area contributed by atoms with Crippen molar-refractivity contribution in [2.75, 3.05) is 11.9 Å². The van der Waals surface area contributed by atoms with E-state index in [9.17, 15) is 4.79 Å². The molecule has 1 aromatic carbocycles. The van der Waals surface area contributed by atoms with Gasteiger partial charge in [-0.2, -0.15) is 0 Å². The molecule has 0 saturated carbocycles. The first-order valence-corrected chi connectivity index (χ1v) is 8.53. The molecule has 1 heterocycles. The first-order valence-electron chi connectivity index (χ1n) is 7.28. The van der Waals surface area contributed by atoms with Crippen LogP contribution in [0.4, 0.5) is 9.93 Å². The number of carbonyl (C=O) groups is 1. The Labute approximate surface area is 150 Å². The largest absolute Gasteiger partial charge is 0.392 e. The molecule has 126 valence electrons. The van der Waals surface area contributed by atoms with Gasteiger partial charge in [-0.05, 0) is 31.5 Å². The van der Waals surface area contributed by atoms with Gasteiger partial charge in [0.1, 0.15) is 0 Å². The molecule has 2 amide bonds. The van der Waals surface area contributed by atoms with Gasteiger partial charge in [-0.25, -0.2) is 9.78 Å². The minimum absolute atomic E-state index is 0.164. The average molecular weight is 364 g/mol. The Bertz CT molecular complexity index is 752. The van der Waals surface area contributed by atoms with Gasteiger partial charge in [0.15, 0.2) is 5.13 Å². The Balaban J connectivity index is 2.17. The van der Waals surface area contributed by atoms with Crippen molar-refractivity contribution in [2.24, 2.45) is 0 Å². The molecule has 7 heteroatoms. The molecule has 0 aliphatic heterocycles. The maximum atomic E-state index is 11.7. The van der Waals surface area contributed by atoms with Crippen molar-refractivity contribution in [1.82, 2.24) is 10.3 Å². The number of carbonyl (C=O) groups excluding carboxylic acids is 1. The van der Waals surface area contributed by atoms with E-state index in [4.69, 9.17) is 23.1 Å². The highest BCUT2D eigenvalue weighted by atomic mass is 35.5. The van der Waals surface area contributed by atoms with E-state index in [0.29, 0.717) is 15.8 Å². The number of thiazole rings is 1. The number of aromatic nitrogens is 1. The molecule has 5 nitrogen and oxygen atoms in total. The molecule has 24 heavy (non-hydrogen) atoms. The Hall–Kier alpha value is -2.07. The Morgan fingerprint density at radius 2 is 2.17 bits per heavy atom. The number of anilines is 1. The molecule has 2 unspecified atom stereocenters. The topological polar surface area (TPSA) is 74.2 Å². The summed E-state index contributed by atoms with van der Waals surface area (Å²) in [5.41, 5.74) is 0.838. The number of rotatable bonds is 5. The van der Waals surface area contributed by atoms with Gasteiger partial charge in [-0.3, -0.25) is 5.32 Å². The predicted molar refractivity (Wildman–Crippen MR) is 97.6 cm³/mol. The van der Waals surface area contributed by atoms with Crippen molar-refractivity contribution in [2.45, 2.75) is 25.4 Å². The number of urea groups is 1. The highest BCUT2D eigenvalue weighted by molar-refractivity contribution is 7.14. The van der Waals surface area contributed by atoms with E-state index in [1.54, 1.807) is 19.1 Å². The van der Waals surface area contributed by atoms with Crippen LogP contribution >= 0.6 is 22.9 Å². The van der Waals surface area contributed by atoms with Crippen molar-refractivity contribution in [3.05, 3.63) is 45.9 Å². The monoisotopic (exact) mass is 363 g/mol. The van der Waals surface area contributed by atoms with Crippen LogP contribution in [-0.2, 0) is 5.41 Å². The fourth-order valence-corrected chi connectivity index (χ4v) is 2.97. The minimum Gasteiger partial charge on any atom is -0.392 e. The van der Waals surface area contributed by atoms with E-state index in [0.717, 1.165) is 5.56 Å². The molecule has 1 aromatic heterocycles. The summed E-state index contributed by atoms with van der Waals surface area (Å²) in [5, 5.41) is 17.2. The number of amides is 2. The summed E-state index contributed by atoms with van der Waals surface area (Å²) in [6.45, 7) is 3.64. The van der Waals surface area contributed by atoms with Crippen molar-refractivity contribution >= 4 is 34.1 Å². The molecule has 2 rings (SSSR count). The first-order chi connectivity index (χ1) is 11.3. The molecule has 0 spiro atoms. The van der Waals surface area contributed by atoms with Crippen LogP contribution in [0.25, 0.3) is 0 Å². The zero-order chi connectivity index (χ0) is 17.7. The van der Waals surface area contributed by atoms with Crippen LogP contribution in [0.5, 0.6) is 0 Å².